The van der Waals surface area contributed by atoms with Crippen LogP contribution in [0.5, 0.6) is 0 Å². The van der Waals surface area contributed by atoms with Gasteiger partial charge in [0.15, 0.2) is 0 Å². The highest BCUT2D eigenvalue weighted by Crippen LogP contribution is 2.27. The molecule has 0 unspecified atom stereocenters. The molecule has 2 aromatic rings. The number of aromatic nitrogens is 5. The summed E-state index contributed by atoms with van der Waals surface area (Å²) in [5, 5.41) is 11.4. The number of hydrogen-bond donors (Lipinski definition) is 1. The van der Waals surface area contributed by atoms with Gasteiger partial charge in [0.25, 0.3) is 0 Å². The Morgan fingerprint density at radius 2 is 2.38 bits per heavy atom. The van der Waals surface area contributed by atoms with Crippen LogP contribution in [-0.4, -0.2) is 48.9 Å². The fourth-order valence-corrected chi connectivity index (χ4v) is 2.86. The van der Waals surface area contributed by atoms with Crippen LogP contribution in [0.3, 0.4) is 0 Å². The average Bonchev–Trinajstić information content (AvgIpc) is 3.17. The number of hydrogen-bond acceptors (Lipinski definition) is 4. The predicted molar refractivity (Wildman–Crippen MR) is 76.6 cm³/mol. The molecule has 1 aliphatic heterocycles. The lowest BCUT2D eigenvalue weighted by molar-refractivity contribution is -0.135. The molecule has 7 heteroatoms. The van der Waals surface area contributed by atoms with Crippen molar-refractivity contribution < 1.29 is 4.79 Å². The summed E-state index contributed by atoms with van der Waals surface area (Å²) in [6.45, 7) is 5.38. The summed E-state index contributed by atoms with van der Waals surface area (Å²) in [7, 11) is 0. The van der Waals surface area contributed by atoms with Crippen molar-refractivity contribution in [2.24, 2.45) is 0 Å². The van der Waals surface area contributed by atoms with Crippen LogP contribution in [0.25, 0.3) is 0 Å². The standard InChI is InChI=1S/C14H20N6O/c1-10-6-13(18-17-10)12-4-3-5-19(7-12)14(21)11(2)20-9-15-8-16-20/h6,8-9,11-12H,3-5,7H2,1-2H3,(H,17,18)/t11-,12+/m1/s1. The molecule has 0 saturated carbocycles. The first kappa shape index (κ1) is 13.8. The summed E-state index contributed by atoms with van der Waals surface area (Å²) in [6.07, 6.45) is 5.12. The van der Waals surface area contributed by atoms with E-state index in [4.69, 9.17) is 0 Å². The van der Waals surface area contributed by atoms with Gasteiger partial charge in [0.2, 0.25) is 5.91 Å². The highest BCUT2D eigenvalue weighted by molar-refractivity contribution is 5.80. The quantitative estimate of drug-likeness (QED) is 0.922. The number of nitrogens with zero attached hydrogens (tertiary/aromatic N) is 5. The van der Waals surface area contributed by atoms with Crippen LogP contribution in [0.4, 0.5) is 0 Å². The number of nitrogens with one attached hydrogen (secondary N) is 1. The van der Waals surface area contributed by atoms with Crippen LogP contribution in [0.2, 0.25) is 0 Å². The van der Waals surface area contributed by atoms with Crippen molar-refractivity contribution in [1.29, 1.82) is 0 Å². The second-order valence-corrected chi connectivity index (χ2v) is 5.65. The summed E-state index contributed by atoms with van der Waals surface area (Å²) >= 11 is 0. The van der Waals surface area contributed by atoms with Crippen LogP contribution in [-0.2, 0) is 4.79 Å². The molecule has 1 fully saturated rings. The fraction of sp³-hybridized carbons (Fsp3) is 0.571. The Bertz CT molecular complexity index is 605. The number of carbonyl (C=O) groups is 1. The number of carbonyl (C=O) groups excluding carboxylic acids is 1. The van der Waals surface area contributed by atoms with E-state index in [1.165, 1.54) is 6.33 Å². The number of H-pyrrole nitrogens is 1. The Balaban J connectivity index is 1.69. The van der Waals surface area contributed by atoms with E-state index in [-0.39, 0.29) is 11.9 Å². The maximum absolute atomic E-state index is 12.6. The van der Waals surface area contributed by atoms with Crippen molar-refractivity contribution in [2.45, 2.75) is 38.6 Å². The lowest BCUT2D eigenvalue weighted by Gasteiger charge is -2.33. The van der Waals surface area contributed by atoms with Gasteiger partial charge in [-0.05, 0) is 32.8 Å². The molecule has 1 saturated heterocycles. The van der Waals surface area contributed by atoms with Gasteiger partial charge < -0.3 is 4.90 Å². The first-order chi connectivity index (χ1) is 10.1. The minimum Gasteiger partial charge on any atom is -0.340 e. The summed E-state index contributed by atoms with van der Waals surface area (Å²) in [5.74, 6) is 0.410. The van der Waals surface area contributed by atoms with E-state index in [1.807, 2.05) is 18.7 Å². The second-order valence-electron chi connectivity index (χ2n) is 5.65. The van der Waals surface area contributed by atoms with E-state index in [0.717, 1.165) is 37.3 Å². The number of rotatable bonds is 3. The third-order valence-corrected chi connectivity index (χ3v) is 4.07. The van der Waals surface area contributed by atoms with Crippen molar-refractivity contribution in [1.82, 2.24) is 29.9 Å². The maximum atomic E-state index is 12.6. The van der Waals surface area contributed by atoms with Gasteiger partial charge in [-0.2, -0.15) is 10.2 Å². The minimum absolute atomic E-state index is 0.0949. The molecule has 0 radical (unpaired) electrons. The van der Waals surface area contributed by atoms with Crippen molar-refractivity contribution in [3.05, 3.63) is 30.1 Å². The normalized spacial score (nSPS) is 20.5. The SMILES string of the molecule is Cc1cc([C@H]2CCCN(C(=O)[C@@H](C)n3cncn3)C2)n[nH]1. The zero-order valence-corrected chi connectivity index (χ0v) is 12.4. The molecule has 2 atom stereocenters. The summed E-state index contributed by atoms with van der Waals surface area (Å²) < 4.78 is 1.60. The first-order valence-corrected chi connectivity index (χ1v) is 7.30. The van der Waals surface area contributed by atoms with Crippen molar-refractivity contribution >= 4 is 5.91 Å². The van der Waals surface area contributed by atoms with Crippen molar-refractivity contribution in [2.75, 3.05) is 13.1 Å². The molecular formula is C14H20N6O. The summed E-state index contributed by atoms with van der Waals surface area (Å²) in [4.78, 5) is 18.4. The topological polar surface area (TPSA) is 79.7 Å². The number of amides is 1. The molecule has 0 bridgehead atoms. The monoisotopic (exact) mass is 288 g/mol. The Kier molecular flexibility index (Phi) is 3.72. The van der Waals surface area contributed by atoms with Crippen molar-refractivity contribution in [3.8, 4) is 0 Å². The lowest BCUT2D eigenvalue weighted by atomic mass is 9.94. The summed E-state index contributed by atoms with van der Waals surface area (Å²) in [5.41, 5.74) is 2.11. The molecule has 0 aromatic carbocycles. The Labute approximate surface area is 123 Å². The van der Waals surface area contributed by atoms with Gasteiger partial charge in [-0.15, -0.1) is 0 Å². The van der Waals surface area contributed by atoms with Gasteiger partial charge in [0, 0.05) is 24.7 Å². The molecule has 21 heavy (non-hydrogen) atoms. The molecule has 112 valence electrons. The molecule has 7 nitrogen and oxygen atoms in total. The van der Waals surface area contributed by atoms with E-state index in [0.29, 0.717) is 5.92 Å². The van der Waals surface area contributed by atoms with Crippen LogP contribution in [0.15, 0.2) is 18.7 Å². The highest BCUT2D eigenvalue weighted by atomic mass is 16.2. The third-order valence-electron chi connectivity index (χ3n) is 4.07. The van der Waals surface area contributed by atoms with Gasteiger partial charge in [0.05, 0.1) is 5.69 Å². The van der Waals surface area contributed by atoms with Gasteiger partial charge >= 0.3 is 0 Å². The number of aromatic amines is 1. The zero-order chi connectivity index (χ0) is 14.8. The molecule has 3 heterocycles. The summed E-state index contributed by atoms with van der Waals surface area (Å²) in [6, 6.07) is 1.76. The van der Waals surface area contributed by atoms with Crippen LogP contribution in [0.1, 0.15) is 43.1 Å². The molecule has 3 rings (SSSR count). The first-order valence-electron chi connectivity index (χ1n) is 7.30. The molecule has 0 aliphatic carbocycles. The van der Waals surface area contributed by atoms with Crippen LogP contribution in [0, 0.1) is 6.92 Å². The molecule has 1 aliphatic rings. The fourth-order valence-electron chi connectivity index (χ4n) is 2.86. The smallest absolute Gasteiger partial charge is 0.247 e. The van der Waals surface area contributed by atoms with E-state index in [9.17, 15) is 4.79 Å². The van der Waals surface area contributed by atoms with Gasteiger partial charge in [-0.3, -0.25) is 9.89 Å². The van der Waals surface area contributed by atoms with Crippen LogP contribution >= 0.6 is 0 Å². The van der Waals surface area contributed by atoms with Gasteiger partial charge in [-0.1, -0.05) is 0 Å². The highest BCUT2D eigenvalue weighted by Gasteiger charge is 2.29. The van der Waals surface area contributed by atoms with E-state index >= 15 is 0 Å². The third kappa shape index (κ3) is 2.81. The van der Waals surface area contributed by atoms with Gasteiger partial charge in [-0.25, -0.2) is 9.67 Å². The Morgan fingerprint density at radius 1 is 1.52 bits per heavy atom. The van der Waals surface area contributed by atoms with E-state index in [2.05, 4.69) is 26.3 Å². The molecule has 2 aromatic heterocycles. The van der Waals surface area contributed by atoms with E-state index < -0.39 is 0 Å². The van der Waals surface area contributed by atoms with Crippen molar-refractivity contribution in [3.63, 3.8) is 0 Å². The number of likely N-dealkylation sites (tertiary alicyclic amines) is 1. The van der Waals surface area contributed by atoms with Gasteiger partial charge in [0.1, 0.15) is 18.7 Å². The van der Waals surface area contributed by atoms with E-state index in [1.54, 1.807) is 11.0 Å². The second kappa shape index (κ2) is 5.67. The maximum Gasteiger partial charge on any atom is 0.247 e. The predicted octanol–water partition coefficient (Wildman–Crippen LogP) is 1.28. The zero-order valence-electron chi connectivity index (χ0n) is 12.4. The largest absolute Gasteiger partial charge is 0.340 e. The minimum atomic E-state index is -0.313. The Hall–Kier alpha value is -2.18. The van der Waals surface area contributed by atoms with Crippen LogP contribution < -0.4 is 0 Å². The number of aryl methyl sites for hydroxylation is 1. The molecule has 1 amide bonds. The lowest BCUT2D eigenvalue weighted by Crippen LogP contribution is -2.42. The molecule has 0 spiro atoms. The molecule has 1 N–H and O–H groups in total. The average molecular weight is 288 g/mol. The molecular weight excluding hydrogens is 268 g/mol. The Morgan fingerprint density at radius 3 is 3.05 bits per heavy atom. The number of piperidine rings is 1.